The monoisotopic (exact) mass is 299 g/mol. The molecule has 0 aromatic rings. The molecule has 0 bridgehead atoms. The first-order chi connectivity index (χ1) is 9.90. The minimum atomic E-state index is -0.496. The number of hydrogen-bond donors (Lipinski definition) is 2. The summed E-state index contributed by atoms with van der Waals surface area (Å²) in [5.41, 5.74) is 0. The van der Waals surface area contributed by atoms with E-state index < -0.39 is 6.10 Å². The van der Waals surface area contributed by atoms with Gasteiger partial charge in [-0.2, -0.15) is 0 Å². The fourth-order valence-electron chi connectivity index (χ4n) is 2.82. The van der Waals surface area contributed by atoms with Crippen LogP contribution in [0.1, 0.15) is 47.0 Å². The Bertz CT molecular complexity index is 302. The molecule has 5 nitrogen and oxygen atoms in total. The van der Waals surface area contributed by atoms with E-state index >= 15 is 0 Å². The van der Waals surface area contributed by atoms with Gasteiger partial charge in [0.25, 0.3) is 0 Å². The van der Waals surface area contributed by atoms with Crippen molar-refractivity contribution in [2.45, 2.75) is 59.1 Å². The van der Waals surface area contributed by atoms with Gasteiger partial charge in [-0.15, -0.1) is 0 Å². The third kappa shape index (κ3) is 7.14. The number of nitrogens with zero attached hydrogens (tertiary/aromatic N) is 2. The Kier molecular flexibility index (Phi) is 8.04. The lowest BCUT2D eigenvalue weighted by Gasteiger charge is -2.31. The zero-order chi connectivity index (χ0) is 15.8. The summed E-state index contributed by atoms with van der Waals surface area (Å²) in [6.45, 7) is 12.3. The Balaban J connectivity index is 2.32. The van der Waals surface area contributed by atoms with Gasteiger partial charge in [-0.1, -0.05) is 13.3 Å². The summed E-state index contributed by atoms with van der Waals surface area (Å²) >= 11 is 0. The second-order valence-electron chi connectivity index (χ2n) is 6.75. The maximum absolute atomic E-state index is 12.2. The van der Waals surface area contributed by atoms with Crippen LogP contribution in [0.25, 0.3) is 0 Å². The second-order valence-corrected chi connectivity index (χ2v) is 6.75. The molecule has 1 heterocycles. The number of aliphatic hydroxyl groups excluding tert-OH is 1. The predicted octanol–water partition coefficient (Wildman–Crippen LogP) is 1.91. The summed E-state index contributed by atoms with van der Waals surface area (Å²) in [5.74, 6) is 0.451. The molecule has 2 atom stereocenters. The summed E-state index contributed by atoms with van der Waals surface area (Å²) in [4.78, 5) is 16.4. The quantitative estimate of drug-likeness (QED) is 0.755. The van der Waals surface area contributed by atoms with Gasteiger partial charge in [0.05, 0.1) is 6.10 Å². The maximum atomic E-state index is 12.2. The van der Waals surface area contributed by atoms with Crippen molar-refractivity contribution in [3.63, 3.8) is 0 Å². The highest BCUT2D eigenvalue weighted by Gasteiger charge is 2.19. The molecule has 2 amide bonds. The summed E-state index contributed by atoms with van der Waals surface area (Å²) in [5, 5.41) is 12.5. The van der Waals surface area contributed by atoms with Crippen molar-refractivity contribution >= 4 is 6.03 Å². The summed E-state index contributed by atoms with van der Waals surface area (Å²) in [7, 11) is 0. The third-order valence-electron chi connectivity index (χ3n) is 3.97. The van der Waals surface area contributed by atoms with Crippen LogP contribution >= 0.6 is 0 Å². The number of nitrogens with one attached hydrogen (secondary N) is 1. The van der Waals surface area contributed by atoms with Crippen molar-refractivity contribution in [1.82, 2.24) is 15.1 Å². The van der Waals surface area contributed by atoms with Crippen molar-refractivity contribution in [2.75, 3.05) is 32.7 Å². The van der Waals surface area contributed by atoms with Gasteiger partial charge in [-0.25, -0.2) is 4.79 Å². The molecule has 0 aromatic heterocycles. The average Bonchev–Trinajstić information content (AvgIpc) is 2.43. The first kappa shape index (κ1) is 18.2. The molecule has 2 unspecified atom stereocenters. The number of rotatable bonds is 7. The Morgan fingerprint density at radius 1 is 1.19 bits per heavy atom. The molecular formula is C16H33N3O2. The van der Waals surface area contributed by atoms with Gasteiger partial charge >= 0.3 is 6.03 Å². The number of likely N-dealkylation sites (tertiary alicyclic amines) is 1. The topological polar surface area (TPSA) is 55.8 Å². The second kappa shape index (κ2) is 9.26. The molecule has 0 aliphatic carbocycles. The van der Waals surface area contributed by atoms with Crippen LogP contribution < -0.4 is 5.32 Å². The molecule has 1 fully saturated rings. The van der Waals surface area contributed by atoms with E-state index in [1.165, 1.54) is 32.4 Å². The standard InChI is InChI=1S/C16H33N3O2/c1-13(2)19(12-15(4)20)16(21)17-10-14(3)11-18-8-6-5-7-9-18/h13-15,20H,5-12H2,1-4H3,(H,17,21). The lowest BCUT2D eigenvalue weighted by Crippen LogP contribution is -2.48. The van der Waals surface area contributed by atoms with E-state index in [4.69, 9.17) is 0 Å². The number of carbonyl (C=O) groups excluding carboxylic acids is 1. The van der Waals surface area contributed by atoms with Crippen LogP contribution in [0.4, 0.5) is 4.79 Å². The largest absolute Gasteiger partial charge is 0.392 e. The SMILES string of the molecule is CC(O)CN(C(=O)NCC(C)CN1CCCCC1)C(C)C. The van der Waals surface area contributed by atoms with Crippen LogP contribution in [-0.4, -0.2) is 65.8 Å². The number of piperidine rings is 1. The van der Waals surface area contributed by atoms with E-state index in [1.807, 2.05) is 13.8 Å². The van der Waals surface area contributed by atoms with Crippen LogP contribution in [-0.2, 0) is 0 Å². The van der Waals surface area contributed by atoms with Crippen molar-refractivity contribution in [2.24, 2.45) is 5.92 Å². The summed E-state index contributed by atoms with van der Waals surface area (Å²) < 4.78 is 0. The van der Waals surface area contributed by atoms with Crippen LogP contribution in [0.15, 0.2) is 0 Å². The van der Waals surface area contributed by atoms with E-state index in [2.05, 4.69) is 17.1 Å². The minimum Gasteiger partial charge on any atom is -0.392 e. The van der Waals surface area contributed by atoms with Crippen LogP contribution in [0.2, 0.25) is 0 Å². The Hall–Kier alpha value is -0.810. The first-order valence-corrected chi connectivity index (χ1v) is 8.35. The van der Waals surface area contributed by atoms with Crippen molar-refractivity contribution in [1.29, 1.82) is 0 Å². The number of carbonyl (C=O) groups is 1. The molecule has 124 valence electrons. The van der Waals surface area contributed by atoms with Crippen molar-refractivity contribution in [3.8, 4) is 0 Å². The molecule has 2 N–H and O–H groups in total. The van der Waals surface area contributed by atoms with E-state index in [0.717, 1.165) is 6.54 Å². The number of hydrogen-bond acceptors (Lipinski definition) is 3. The molecule has 1 saturated heterocycles. The number of aliphatic hydroxyl groups is 1. The lowest BCUT2D eigenvalue weighted by atomic mass is 10.1. The molecule has 1 aliphatic heterocycles. The van der Waals surface area contributed by atoms with Gasteiger partial charge in [0, 0.05) is 25.7 Å². The zero-order valence-electron chi connectivity index (χ0n) is 14.1. The molecule has 0 saturated carbocycles. The highest BCUT2D eigenvalue weighted by molar-refractivity contribution is 5.74. The van der Waals surface area contributed by atoms with Crippen LogP contribution in [0.3, 0.4) is 0 Å². The van der Waals surface area contributed by atoms with Gasteiger partial charge in [-0.05, 0) is 52.6 Å². The summed E-state index contributed by atoms with van der Waals surface area (Å²) in [6, 6.07) is 0.0217. The highest BCUT2D eigenvalue weighted by atomic mass is 16.3. The van der Waals surface area contributed by atoms with E-state index in [9.17, 15) is 9.90 Å². The van der Waals surface area contributed by atoms with Gasteiger partial charge in [0.1, 0.15) is 0 Å². The minimum absolute atomic E-state index is 0.0728. The molecular weight excluding hydrogens is 266 g/mol. The van der Waals surface area contributed by atoms with E-state index in [-0.39, 0.29) is 12.1 Å². The van der Waals surface area contributed by atoms with Crippen LogP contribution in [0, 0.1) is 5.92 Å². The fraction of sp³-hybridized carbons (Fsp3) is 0.938. The maximum Gasteiger partial charge on any atom is 0.317 e. The average molecular weight is 299 g/mol. The number of amides is 2. The molecule has 1 rings (SSSR count). The van der Waals surface area contributed by atoms with Gasteiger partial charge < -0.3 is 20.2 Å². The Morgan fingerprint density at radius 2 is 1.81 bits per heavy atom. The van der Waals surface area contributed by atoms with Crippen molar-refractivity contribution < 1.29 is 9.90 Å². The predicted molar refractivity (Wildman–Crippen MR) is 86.4 cm³/mol. The van der Waals surface area contributed by atoms with Gasteiger partial charge in [0.2, 0.25) is 0 Å². The molecule has 21 heavy (non-hydrogen) atoms. The zero-order valence-corrected chi connectivity index (χ0v) is 14.1. The van der Waals surface area contributed by atoms with Gasteiger partial charge in [0.15, 0.2) is 0 Å². The van der Waals surface area contributed by atoms with E-state index in [1.54, 1.807) is 11.8 Å². The highest BCUT2D eigenvalue weighted by Crippen LogP contribution is 2.10. The smallest absolute Gasteiger partial charge is 0.317 e. The van der Waals surface area contributed by atoms with Crippen LogP contribution in [0.5, 0.6) is 0 Å². The normalized spacial score (nSPS) is 19.3. The first-order valence-electron chi connectivity index (χ1n) is 8.35. The lowest BCUT2D eigenvalue weighted by molar-refractivity contribution is 0.117. The molecule has 0 spiro atoms. The number of urea groups is 1. The molecule has 5 heteroatoms. The molecule has 1 aliphatic rings. The molecule has 0 radical (unpaired) electrons. The summed E-state index contributed by atoms with van der Waals surface area (Å²) in [6.07, 6.45) is 3.46. The van der Waals surface area contributed by atoms with Crippen molar-refractivity contribution in [3.05, 3.63) is 0 Å². The fourth-order valence-corrected chi connectivity index (χ4v) is 2.82. The van der Waals surface area contributed by atoms with E-state index in [0.29, 0.717) is 19.0 Å². The molecule has 0 aromatic carbocycles. The Labute approximate surface area is 129 Å². The Morgan fingerprint density at radius 3 is 2.33 bits per heavy atom. The third-order valence-corrected chi connectivity index (χ3v) is 3.97. The van der Waals surface area contributed by atoms with Gasteiger partial charge in [-0.3, -0.25) is 0 Å².